The Labute approximate surface area is 188 Å². The van der Waals surface area contributed by atoms with E-state index in [-0.39, 0.29) is 11.6 Å². The number of hydrogen-bond donors (Lipinski definition) is 3. The van der Waals surface area contributed by atoms with Crippen LogP contribution in [0.2, 0.25) is 0 Å². The summed E-state index contributed by atoms with van der Waals surface area (Å²) >= 11 is 7.66. The first-order chi connectivity index (χ1) is 14.4. The highest BCUT2D eigenvalue weighted by Crippen LogP contribution is 2.20. The monoisotopic (exact) mass is 487 g/mol. The summed E-state index contributed by atoms with van der Waals surface area (Å²) in [7, 11) is 0. The zero-order valence-electron chi connectivity index (χ0n) is 15.8. The van der Waals surface area contributed by atoms with E-state index < -0.39 is 11.7 Å². The summed E-state index contributed by atoms with van der Waals surface area (Å²) in [4.78, 5) is 24.5. The third kappa shape index (κ3) is 5.84. The number of nitrogens with zero attached hydrogens (tertiary/aromatic N) is 1. The molecule has 0 unspecified atom stereocenters. The van der Waals surface area contributed by atoms with E-state index in [4.69, 9.17) is 0 Å². The summed E-state index contributed by atoms with van der Waals surface area (Å²) in [5, 5.41) is 5.43. The van der Waals surface area contributed by atoms with Gasteiger partial charge in [-0.05, 0) is 60.5 Å². The summed E-state index contributed by atoms with van der Waals surface area (Å²) in [6.07, 6.45) is 0.688. The molecule has 0 aliphatic heterocycles. The Morgan fingerprint density at radius 1 is 1.00 bits per heavy atom. The molecule has 0 aliphatic rings. The van der Waals surface area contributed by atoms with Crippen molar-refractivity contribution in [2.45, 2.75) is 6.42 Å². The number of nitrogens with one attached hydrogen (secondary N) is 2. The van der Waals surface area contributed by atoms with Crippen LogP contribution in [0.4, 0.5) is 20.6 Å². The van der Waals surface area contributed by atoms with Gasteiger partial charge in [0.05, 0.1) is 11.3 Å². The lowest BCUT2D eigenvalue weighted by molar-refractivity contribution is 0.102. The summed E-state index contributed by atoms with van der Waals surface area (Å²) in [6, 6.07) is 19.8. The molecule has 30 heavy (non-hydrogen) atoms. The Kier molecular flexibility index (Phi) is 7.48. The molecule has 0 atom stereocenters. The van der Waals surface area contributed by atoms with Gasteiger partial charge in [0.1, 0.15) is 5.82 Å². The number of rotatable bonds is 6. The molecule has 3 amide bonds. The van der Waals surface area contributed by atoms with Gasteiger partial charge in [0.25, 0.3) is 5.91 Å². The van der Waals surface area contributed by atoms with E-state index >= 15 is 0 Å². The smallest absolute Gasteiger partial charge is 0.331 e. The van der Waals surface area contributed by atoms with Gasteiger partial charge in [-0.3, -0.25) is 4.79 Å². The summed E-state index contributed by atoms with van der Waals surface area (Å²) < 4.78 is 15.9. The molecule has 0 heterocycles. The van der Waals surface area contributed by atoms with Gasteiger partial charge in [-0.25, -0.2) is 13.5 Å². The van der Waals surface area contributed by atoms with Crippen molar-refractivity contribution in [3.63, 3.8) is 0 Å². The Hall–Kier alpha value is -2.84. The van der Waals surface area contributed by atoms with Crippen LogP contribution in [-0.2, 0) is 6.42 Å². The Morgan fingerprint density at radius 2 is 1.73 bits per heavy atom. The Balaban J connectivity index is 1.53. The molecular weight excluding hydrogens is 469 g/mol. The fourth-order valence-corrected chi connectivity index (χ4v) is 3.38. The first-order valence-electron chi connectivity index (χ1n) is 9.11. The van der Waals surface area contributed by atoms with E-state index in [1.54, 1.807) is 30.3 Å². The fraction of sp³-hybridized carbons (Fsp3) is 0.0909. The highest BCUT2D eigenvalue weighted by molar-refractivity contribution is 9.10. The van der Waals surface area contributed by atoms with Crippen LogP contribution in [0.3, 0.4) is 0 Å². The molecule has 0 saturated heterocycles. The molecule has 154 valence electrons. The van der Waals surface area contributed by atoms with E-state index in [0.29, 0.717) is 24.3 Å². The molecule has 3 aromatic rings. The second kappa shape index (κ2) is 10.3. The van der Waals surface area contributed by atoms with Crippen LogP contribution < -0.4 is 14.9 Å². The number of urea groups is 1. The minimum absolute atomic E-state index is 0.0396. The van der Waals surface area contributed by atoms with Crippen LogP contribution in [0.25, 0.3) is 0 Å². The molecule has 0 fully saturated rings. The molecule has 0 saturated carbocycles. The van der Waals surface area contributed by atoms with Gasteiger partial charge in [0.15, 0.2) is 0 Å². The van der Waals surface area contributed by atoms with Crippen molar-refractivity contribution in [3.05, 3.63) is 94.2 Å². The van der Waals surface area contributed by atoms with Gasteiger partial charge in [-0.2, -0.15) is 0 Å². The van der Waals surface area contributed by atoms with Crippen LogP contribution in [0.5, 0.6) is 0 Å². The molecular formula is C22H19BrFN3O2S. The molecule has 8 heteroatoms. The lowest BCUT2D eigenvalue weighted by Gasteiger charge is -2.17. The first-order valence-corrected chi connectivity index (χ1v) is 10.3. The molecule has 0 spiro atoms. The highest BCUT2D eigenvalue weighted by Gasteiger charge is 2.13. The van der Waals surface area contributed by atoms with Gasteiger partial charge in [0, 0.05) is 16.7 Å². The largest absolute Gasteiger partial charge is 0.337 e. The molecule has 0 aromatic heterocycles. The minimum atomic E-state index is -0.590. The van der Waals surface area contributed by atoms with Gasteiger partial charge in [0.2, 0.25) is 0 Å². The molecule has 3 aromatic carbocycles. The van der Waals surface area contributed by atoms with Crippen LogP contribution in [0.1, 0.15) is 15.9 Å². The van der Waals surface area contributed by atoms with E-state index in [1.807, 2.05) is 24.3 Å². The van der Waals surface area contributed by atoms with Crippen molar-refractivity contribution < 1.29 is 14.0 Å². The number of benzene rings is 3. The molecule has 5 nitrogen and oxygen atoms in total. The number of hydrogen-bond acceptors (Lipinski definition) is 3. The quantitative estimate of drug-likeness (QED) is 0.405. The summed E-state index contributed by atoms with van der Waals surface area (Å²) in [5.41, 5.74) is 2.07. The van der Waals surface area contributed by atoms with Crippen molar-refractivity contribution in [2.75, 3.05) is 16.2 Å². The number of carbonyl (C=O) groups is 2. The maximum Gasteiger partial charge on any atom is 0.331 e. The third-order valence-corrected chi connectivity index (χ3v) is 5.17. The van der Waals surface area contributed by atoms with Crippen LogP contribution in [0, 0.1) is 5.82 Å². The van der Waals surface area contributed by atoms with Crippen LogP contribution in [-0.4, -0.2) is 18.5 Å². The second-order valence-corrected chi connectivity index (χ2v) is 7.72. The van der Waals surface area contributed by atoms with Crippen molar-refractivity contribution in [3.8, 4) is 0 Å². The lowest BCUT2D eigenvalue weighted by Crippen LogP contribution is -2.35. The number of anilines is 2. The summed E-state index contributed by atoms with van der Waals surface area (Å²) in [5.74, 6) is -1.14. The van der Waals surface area contributed by atoms with Gasteiger partial charge in [-0.15, -0.1) is 0 Å². The first kappa shape index (κ1) is 21.9. The average molecular weight is 488 g/mol. The van der Waals surface area contributed by atoms with Gasteiger partial charge < -0.3 is 10.6 Å². The normalized spacial score (nSPS) is 10.4. The average Bonchev–Trinajstić information content (AvgIpc) is 2.74. The lowest BCUT2D eigenvalue weighted by atomic mass is 10.1. The molecule has 0 bridgehead atoms. The fourth-order valence-electron chi connectivity index (χ4n) is 2.73. The highest BCUT2D eigenvalue weighted by atomic mass is 79.9. The number of thiol groups is 1. The standard InChI is InChI=1S/C22H19BrFN3O2S/c23-16-5-3-4-15(14-16)12-13-25-22(29)27(30)18-10-8-17(9-11-18)26-21(28)19-6-1-2-7-20(19)24/h1-11,14,30H,12-13H2,(H,25,29)(H,26,28). The molecule has 3 rings (SSSR count). The van der Waals surface area contributed by atoms with Crippen molar-refractivity contribution >= 4 is 52.1 Å². The van der Waals surface area contributed by atoms with Gasteiger partial charge >= 0.3 is 6.03 Å². The Morgan fingerprint density at radius 3 is 2.43 bits per heavy atom. The zero-order valence-corrected chi connectivity index (χ0v) is 18.3. The second-order valence-electron chi connectivity index (χ2n) is 6.40. The zero-order chi connectivity index (χ0) is 21.5. The molecule has 2 N–H and O–H groups in total. The SMILES string of the molecule is O=C(Nc1ccc(N(S)C(=O)NCCc2cccc(Br)c2)cc1)c1ccccc1F. The topological polar surface area (TPSA) is 61.4 Å². The maximum absolute atomic E-state index is 13.7. The van der Waals surface area contributed by atoms with Gasteiger partial charge in [-0.1, -0.05) is 53.0 Å². The van der Waals surface area contributed by atoms with Crippen LogP contribution >= 0.6 is 28.7 Å². The van der Waals surface area contributed by atoms with Crippen LogP contribution in [0.15, 0.2) is 77.3 Å². The van der Waals surface area contributed by atoms with Crippen molar-refractivity contribution in [1.82, 2.24) is 5.32 Å². The third-order valence-electron chi connectivity index (χ3n) is 4.26. The maximum atomic E-state index is 13.7. The number of amides is 3. The number of halogens is 2. The Bertz CT molecular complexity index is 1050. The van der Waals surface area contributed by atoms with E-state index in [1.165, 1.54) is 22.5 Å². The van der Waals surface area contributed by atoms with E-state index in [0.717, 1.165) is 10.0 Å². The van der Waals surface area contributed by atoms with E-state index in [2.05, 4.69) is 39.4 Å². The number of carbonyl (C=O) groups excluding carboxylic acids is 2. The predicted molar refractivity (Wildman–Crippen MR) is 124 cm³/mol. The molecule has 0 aliphatic carbocycles. The molecule has 0 radical (unpaired) electrons. The minimum Gasteiger partial charge on any atom is -0.337 e. The van der Waals surface area contributed by atoms with Crippen molar-refractivity contribution in [2.24, 2.45) is 0 Å². The van der Waals surface area contributed by atoms with E-state index in [9.17, 15) is 14.0 Å². The van der Waals surface area contributed by atoms with Crippen molar-refractivity contribution in [1.29, 1.82) is 0 Å². The predicted octanol–water partition coefficient (Wildman–Crippen LogP) is 5.44. The summed E-state index contributed by atoms with van der Waals surface area (Å²) in [6.45, 7) is 0.461.